The minimum Gasteiger partial charge on any atom is -0.389 e. The van der Waals surface area contributed by atoms with Crippen molar-refractivity contribution in [2.75, 3.05) is 33.9 Å². The molecular formula is C13H24N2O4. The molecule has 110 valence electrons. The molecular weight excluding hydrogens is 248 g/mol. The minimum atomic E-state index is -0.697. The van der Waals surface area contributed by atoms with Crippen molar-refractivity contribution in [1.29, 1.82) is 0 Å². The number of likely N-dealkylation sites (tertiary alicyclic amines) is 1. The second kappa shape index (κ2) is 6.86. The first kappa shape index (κ1) is 15.9. The van der Waals surface area contributed by atoms with Gasteiger partial charge >= 0.3 is 0 Å². The number of hydrogen-bond donors (Lipinski definition) is 1. The van der Waals surface area contributed by atoms with E-state index in [0.717, 1.165) is 0 Å². The maximum atomic E-state index is 12.2. The Morgan fingerprint density at radius 2 is 2.21 bits per heavy atom. The summed E-state index contributed by atoms with van der Waals surface area (Å²) in [6.45, 7) is 4.77. The van der Waals surface area contributed by atoms with Gasteiger partial charge in [-0.25, -0.2) is 0 Å². The largest absolute Gasteiger partial charge is 0.389 e. The Bertz CT molecular complexity index is 333. The van der Waals surface area contributed by atoms with Gasteiger partial charge in [0, 0.05) is 39.7 Å². The zero-order valence-electron chi connectivity index (χ0n) is 12.1. The van der Waals surface area contributed by atoms with Gasteiger partial charge in [-0.15, -0.1) is 0 Å². The first-order valence-electron chi connectivity index (χ1n) is 6.58. The molecule has 6 nitrogen and oxygen atoms in total. The summed E-state index contributed by atoms with van der Waals surface area (Å²) < 4.78 is 4.82. The molecule has 19 heavy (non-hydrogen) atoms. The van der Waals surface area contributed by atoms with Crippen LogP contribution in [0.15, 0.2) is 0 Å². The zero-order valence-corrected chi connectivity index (χ0v) is 12.1. The highest BCUT2D eigenvalue weighted by atomic mass is 16.5. The maximum absolute atomic E-state index is 12.2. The van der Waals surface area contributed by atoms with Crippen LogP contribution in [0.25, 0.3) is 0 Å². The number of aliphatic hydroxyl groups excluding tert-OH is 1. The number of ether oxygens (including phenoxy) is 1. The van der Waals surface area contributed by atoms with Crippen molar-refractivity contribution in [3.05, 3.63) is 0 Å². The lowest BCUT2D eigenvalue weighted by atomic mass is 10.1. The van der Waals surface area contributed by atoms with E-state index in [1.807, 2.05) is 13.8 Å². The van der Waals surface area contributed by atoms with Crippen LogP contribution in [0.2, 0.25) is 0 Å². The number of nitrogens with zero attached hydrogens (tertiary/aromatic N) is 2. The summed E-state index contributed by atoms with van der Waals surface area (Å²) in [7, 11) is 3.14. The molecule has 1 fully saturated rings. The molecule has 0 spiro atoms. The molecule has 1 aliphatic heterocycles. The molecule has 2 atom stereocenters. The Labute approximate surface area is 114 Å². The van der Waals surface area contributed by atoms with Crippen LogP contribution in [0.4, 0.5) is 0 Å². The molecule has 6 heteroatoms. The fourth-order valence-electron chi connectivity index (χ4n) is 2.36. The summed E-state index contributed by atoms with van der Waals surface area (Å²) in [6, 6.07) is 0.120. The molecule has 1 saturated heterocycles. The van der Waals surface area contributed by atoms with E-state index < -0.39 is 6.10 Å². The van der Waals surface area contributed by atoms with Crippen molar-refractivity contribution in [2.24, 2.45) is 5.92 Å². The molecule has 0 aromatic heterocycles. The highest BCUT2D eigenvalue weighted by Crippen LogP contribution is 2.21. The Hall–Kier alpha value is -1.14. The molecule has 0 bridgehead atoms. The van der Waals surface area contributed by atoms with Crippen LogP contribution in [-0.2, 0) is 14.3 Å². The van der Waals surface area contributed by atoms with Gasteiger partial charge in [0.1, 0.15) is 0 Å². The maximum Gasteiger partial charge on any atom is 0.227 e. The van der Waals surface area contributed by atoms with Crippen LogP contribution in [0, 0.1) is 5.92 Å². The van der Waals surface area contributed by atoms with Crippen LogP contribution < -0.4 is 0 Å². The van der Waals surface area contributed by atoms with E-state index in [2.05, 4.69) is 0 Å². The minimum absolute atomic E-state index is 0.0270. The number of likely N-dealkylation sites (N-methyl/N-ethyl adjacent to an activating group) is 1. The summed E-state index contributed by atoms with van der Waals surface area (Å²) in [5, 5.41) is 9.61. The van der Waals surface area contributed by atoms with Gasteiger partial charge in [0.25, 0.3) is 0 Å². The first-order chi connectivity index (χ1) is 8.86. The molecule has 0 aromatic rings. The van der Waals surface area contributed by atoms with Crippen molar-refractivity contribution in [3.63, 3.8) is 0 Å². The number of carbonyl (C=O) groups is 2. The van der Waals surface area contributed by atoms with Gasteiger partial charge in [0.15, 0.2) is 0 Å². The predicted molar refractivity (Wildman–Crippen MR) is 70.5 cm³/mol. The van der Waals surface area contributed by atoms with E-state index in [9.17, 15) is 14.7 Å². The number of amides is 2. The third-order valence-corrected chi connectivity index (χ3v) is 3.35. The average Bonchev–Trinajstić information content (AvgIpc) is 2.70. The van der Waals surface area contributed by atoms with Gasteiger partial charge in [-0.3, -0.25) is 9.59 Å². The zero-order chi connectivity index (χ0) is 14.6. The Morgan fingerprint density at radius 3 is 2.68 bits per heavy atom. The first-order valence-corrected chi connectivity index (χ1v) is 6.58. The van der Waals surface area contributed by atoms with Crippen molar-refractivity contribution in [1.82, 2.24) is 9.80 Å². The third-order valence-electron chi connectivity index (χ3n) is 3.35. The Balaban J connectivity index is 2.52. The van der Waals surface area contributed by atoms with Gasteiger partial charge in [0.05, 0.1) is 18.6 Å². The molecule has 2 amide bonds. The molecule has 2 unspecified atom stereocenters. The number of hydrogen-bond acceptors (Lipinski definition) is 4. The Kier molecular flexibility index (Phi) is 5.75. The van der Waals surface area contributed by atoms with Crippen molar-refractivity contribution >= 4 is 11.8 Å². The van der Waals surface area contributed by atoms with E-state index in [-0.39, 0.29) is 43.3 Å². The lowest BCUT2D eigenvalue weighted by molar-refractivity contribution is -0.136. The van der Waals surface area contributed by atoms with E-state index >= 15 is 0 Å². The number of aliphatic hydroxyl groups is 1. The molecule has 1 heterocycles. The molecule has 0 aromatic carbocycles. The van der Waals surface area contributed by atoms with Crippen LogP contribution in [0.1, 0.15) is 20.3 Å². The lowest BCUT2D eigenvalue weighted by Crippen LogP contribution is -2.40. The molecule has 0 radical (unpaired) electrons. The summed E-state index contributed by atoms with van der Waals surface area (Å²) in [4.78, 5) is 27.2. The van der Waals surface area contributed by atoms with E-state index in [0.29, 0.717) is 6.54 Å². The summed E-state index contributed by atoms with van der Waals surface area (Å²) in [6.07, 6.45) is -0.431. The smallest absolute Gasteiger partial charge is 0.227 e. The van der Waals surface area contributed by atoms with Crippen LogP contribution in [0.3, 0.4) is 0 Å². The molecule has 1 rings (SSSR count). The quantitative estimate of drug-likeness (QED) is 0.721. The van der Waals surface area contributed by atoms with Crippen molar-refractivity contribution in [2.45, 2.75) is 32.4 Å². The van der Waals surface area contributed by atoms with Crippen LogP contribution >= 0.6 is 0 Å². The van der Waals surface area contributed by atoms with Gasteiger partial charge in [0.2, 0.25) is 11.8 Å². The van der Waals surface area contributed by atoms with Crippen LogP contribution in [-0.4, -0.2) is 72.7 Å². The summed E-state index contributed by atoms with van der Waals surface area (Å²) in [5.41, 5.74) is 0. The molecule has 0 saturated carbocycles. The molecule has 0 aliphatic carbocycles. The van der Waals surface area contributed by atoms with Crippen molar-refractivity contribution in [3.8, 4) is 0 Å². The third kappa shape index (κ3) is 4.18. The average molecular weight is 272 g/mol. The second-order valence-electron chi connectivity index (χ2n) is 5.37. The normalized spacial score (nSPS) is 21.1. The second-order valence-corrected chi connectivity index (χ2v) is 5.37. The highest BCUT2D eigenvalue weighted by molar-refractivity contribution is 5.89. The molecule has 1 N–H and O–H groups in total. The monoisotopic (exact) mass is 272 g/mol. The highest BCUT2D eigenvalue weighted by Gasteiger charge is 2.36. The fraction of sp³-hybridized carbons (Fsp3) is 0.846. The topological polar surface area (TPSA) is 70.1 Å². The number of carbonyl (C=O) groups excluding carboxylic acids is 2. The SMILES string of the molecule is COCC(O)CN(C)C(=O)C1CC(=O)N(C(C)C)C1. The van der Waals surface area contributed by atoms with E-state index in [1.54, 1.807) is 11.9 Å². The standard InChI is InChI=1S/C13H24N2O4/c1-9(2)15-6-10(5-12(15)17)13(18)14(3)7-11(16)8-19-4/h9-11,16H,5-8H2,1-4H3. The van der Waals surface area contributed by atoms with Crippen molar-refractivity contribution < 1.29 is 19.4 Å². The Morgan fingerprint density at radius 1 is 1.58 bits per heavy atom. The lowest BCUT2D eigenvalue weighted by Gasteiger charge is -2.24. The van der Waals surface area contributed by atoms with Gasteiger partial charge < -0.3 is 19.6 Å². The van der Waals surface area contributed by atoms with E-state index in [4.69, 9.17) is 4.74 Å². The van der Waals surface area contributed by atoms with Crippen LogP contribution in [0.5, 0.6) is 0 Å². The summed E-state index contributed by atoms with van der Waals surface area (Å²) in [5.74, 6) is -0.361. The fourth-order valence-corrected chi connectivity index (χ4v) is 2.36. The number of methoxy groups -OCH3 is 1. The molecule has 1 aliphatic rings. The van der Waals surface area contributed by atoms with Gasteiger partial charge in [-0.2, -0.15) is 0 Å². The van der Waals surface area contributed by atoms with Gasteiger partial charge in [-0.1, -0.05) is 0 Å². The van der Waals surface area contributed by atoms with E-state index in [1.165, 1.54) is 12.0 Å². The van der Waals surface area contributed by atoms with Gasteiger partial charge in [-0.05, 0) is 13.8 Å². The number of rotatable bonds is 6. The predicted octanol–water partition coefficient (Wildman–Crippen LogP) is -0.291. The summed E-state index contributed by atoms with van der Waals surface area (Å²) >= 11 is 0.